The molecule has 8 heavy (non-hydrogen) atoms. The summed E-state index contributed by atoms with van der Waals surface area (Å²) in [6.07, 6.45) is 1.33. The molecule has 1 atom stereocenters. The highest BCUT2D eigenvalue weighted by Gasteiger charge is 2.21. The molecule has 0 aromatic carbocycles. The molecule has 0 fully saturated rings. The van der Waals surface area contributed by atoms with Crippen molar-refractivity contribution in [2.24, 2.45) is 0 Å². The molecule has 1 aromatic heterocycles. The van der Waals surface area contributed by atoms with E-state index in [1.165, 1.54) is 6.42 Å². The molecule has 1 heteroatoms. The summed E-state index contributed by atoms with van der Waals surface area (Å²) in [5.41, 5.74) is 1.59. The Morgan fingerprint density at radius 1 is 1.75 bits per heavy atom. The van der Waals surface area contributed by atoms with Crippen LogP contribution in [0.25, 0.3) is 0 Å². The van der Waals surface area contributed by atoms with E-state index < -0.39 is 0 Å². The minimum atomic E-state index is 0.858. The minimum Gasteiger partial charge on any atom is -0.149 e. The van der Waals surface area contributed by atoms with Crippen molar-refractivity contribution >= 4 is 11.3 Å². The molecule has 0 aliphatic heterocycles. The molecule has 0 N–H and O–H groups in total. The van der Waals surface area contributed by atoms with Crippen molar-refractivity contribution in [3.05, 3.63) is 21.9 Å². The van der Waals surface area contributed by atoms with E-state index in [-0.39, 0.29) is 0 Å². The summed E-state index contributed by atoms with van der Waals surface area (Å²) < 4.78 is 0. The zero-order chi connectivity index (χ0) is 5.56. The van der Waals surface area contributed by atoms with E-state index in [0.29, 0.717) is 0 Å². The quantitative estimate of drug-likeness (QED) is 0.498. The first kappa shape index (κ1) is 4.57. The molecular formula is C7H8S. The molecule has 0 amide bonds. The van der Waals surface area contributed by atoms with Gasteiger partial charge in [-0.3, -0.25) is 0 Å². The van der Waals surface area contributed by atoms with Gasteiger partial charge in [0.1, 0.15) is 0 Å². The van der Waals surface area contributed by atoms with Gasteiger partial charge in [0.15, 0.2) is 0 Å². The molecule has 1 aromatic rings. The number of rotatable bonds is 0. The Labute approximate surface area is 53.2 Å². The average molecular weight is 124 g/mol. The molecule has 0 unspecified atom stereocenters. The molecule has 0 saturated carbocycles. The molecule has 0 saturated heterocycles. The van der Waals surface area contributed by atoms with E-state index in [4.69, 9.17) is 0 Å². The van der Waals surface area contributed by atoms with Crippen LogP contribution in [0.4, 0.5) is 0 Å². The van der Waals surface area contributed by atoms with Gasteiger partial charge in [0.2, 0.25) is 0 Å². The Hall–Kier alpha value is -0.300. The molecular weight excluding hydrogens is 116 g/mol. The number of hydrogen-bond acceptors (Lipinski definition) is 1. The van der Waals surface area contributed by atoms with Crippen LogP contribution in [0.2, 0.25) is 0 Å². The summed E-state index contributed by atoms with van der Waals surface area (Å²) in [7, 11) is 0. The summed E-state index contributed by atoms with van der Waals surface area (Å²) in [5, 5.41) is 2.19. The van der Waals surface area contributed by atoms with Crippen molar-refractivity contribution in [1.29, 1.82) is 0 Å². The molecule has 1 heterocycles. The maximum atomic E-state index is 2.29. The third-order valence-corrected chi connectivity index (χ3v) is 2.76. The van der Waals surface area contributed by atoms with Crippen LogP contribution in [0.15, 0.2) is 11.4 Å². The smallest absolute Gasteiger partial charge is 0.00860 e. The van der Waals surface area contributed by atoms with Crippen molar-refractivity contribution in [2.75, 3.05) is 0 Å². The van der Waals surface area contributed by atoms with Crippen molar-refractivity contribution < 1.29 is 0 Å². The SMILES string of the molecule is C[C@H]1Cc2sccc21. The van der Waals surface area contributed by atoms with Gasteiger partial charge in [-0.15, -0.1) is 11.3 Å². The van der Waals surface area contributed by atoms with Gasteiger partial charge in [-0.2, -0.15) is 0 Å². The third kappa shape index (κ3) is 0.402. The molecule has 1 aliphatic rings. The van der Waals surface area contributed by atoms with Crippen molar-refractivity contribution in [3.8, 4) is 0 Å². The zero-order valence-corrected chi connectivity index (χ0v) is 5.66. The predicted octanol–water partition coefficient (Wildman–Crippen LogP) is 2.41. The standard InChI is InChI=1S/C7H8S/c1-5-4-7-6(5)2-3-8-7/h2-3,5H,4H2,1H3/t5-/m0/s1. The summed E-state index contributed by atoms with van der Waals surface area (Å²) in [5.74, 6) is 0.858. The van der Waals surface area contributed by atoms with Crippen LogP contribution in [0.1, 0.15) is 23.3 Å². The van der Waals surface area contributed by atoms with Gasteiger partial charge in [-0.05, 0) is 29.3 Å². The maximum Gasteiger partial charge on any atom is 0.00860 e. The second-order valence-corrected chi connectivity index (χ2v) is 3.40. The Kier molecular flexibility index (Phi) is 0.770. The highest BCUT2D eigenvalue weighted by atomic mass is 32.1. The zero-order valence-electron chi connectivity index (χ0n) is 4.85. The second-order valence-electron chi connectivity index (χ2n) is 2.40. The van der Waals surface area contributed by atoms with Gasteiger partial charge >= 0.3 is 0 Å². The van der Waals surface area contributed by atoms with Gasteiger partial charge in [-0.1, -0.05) is 6.92 Å². The van der Waals surface area contributed by atoms with Gasteiger partial charge in [0, 0.05) is 4.88 Å². The molecule has 1 aliphatic carbocycles. The summed E-state index contributed by atoms with van der Waals surface area (Å²) in [6, 6.07) is 2.24. The Balaban J connectivity index is 2.53. The van der Waals surface area contributed by atoms with E-state index in [1.807, 2.05) is 11.3 Å². The highest BCUT2D eigenvalue weighted by molar-refractivity contribution is 7.10. The fraction of sp³-hybridized carbons (Fsp3) is 0.429. The average Bonchev–Trinajstić information content (AvgIpc) is 2.09. The van der Waals surface area contributed by atoms with E-state index >= 15 is 0 Å². The Morgan fingerprint density at radius 3 is 3.12 bits per heavy atom. The first-order chi connectivity index (χ1) is 3.88. The topological polar surface area (TPSA) is 0 Å². The lowest BCUT2D eigenvalue weighted by Crippen LogP contribution is -2.08. The van der Waals surface area contributed by atoms with Gasteiger partial charge < -0.3 is 0 Å². The number of hydrogen-bond donors (Lipinski definition) is 0. The van der Waals surface area contributed by atoms with E-state index in [0.717, 1.165) is 5.92 Å². The molecule has 0 bridgehead atoms. The lowest BCUT2D eigenvalue weighted by Gasteiger charge is -2.21. The summed E-state index contributed by atoms with van der Waals surface area (Å²) in [4.78, 5) is 1.61. The van der Waals surface area contributed by atoms with Gasteiger partial charge in [0.25, 0.3) is 0 Å². The molecule has 2 rings (SSSR count). The van der Waals surface area contributed by atoms with Crippen LogP contribution in [0.5, 0.6) is 0 Å². The molecule has 0 nitrogen and oxygen atoms in total. The minimum absolute atomic E-state index is 0.858. The highest BCUT2D eigenvalue weighted by Crippen LogP contribution is 2.37. The largest absolute Gasteiger partial charge is 0.149 e. The normalized spacial score (nSPS) is 24.4. The summed E-state index contributed by atoms with van der Waals surface area (Å²) >= 11 is 1.89. The van der Waals surface area contributed by atoms with Gasteiger partial charge in [0.05, 0.1) is 0 Å². The third-order valence-electron chi connectivity index (χ3n) is 1.80. The van der Waals surface area contributed by atoms with Crippen LogP contribution in [0, 0.1) is 0 Å². The molecule has 0 spiro atoms. The van der Waals surface area contributed by atoms with Crippen molar-refractivity contribution in [3.63, 3.8) is 0 Å². The van der Waals surface area contributed by atoms with Crippen LogP contribution < -0.4 is 0 Å². The molecule has 0 radical (unpaired) electrons. The lowest BCUT2D eigenvalue weighted by molar-refractivity contribution is 0.686. The predicted molar refractivity (Wildman–Crippen MR) is 36.4 cm³/mol. The van der Waals surface area contributed by atoms with E-state index in [2.05, 4.69) is 18.4 Å². The first-order valence-electron chi connectivity index (χ1n) is 2.94. The van der Waals surface area contributed by atoms with Crippen molar-refractivity contribution in [2.45, 2.75) is 19.3 Å². The van der Waals surface area contributed by atoms with Crippen LogP contribution in [-0.2, 0) is 6.42 Å². The first-order valence-corrected chi connectivity index (χ1v) is 3.82. The van der Waals surface area contributed by atoms with Crippen molar-refractivity contribution in [1.82, 2.24) is 0 Å². The van der Waals surface area contributed by atoms with E-state index in [1.54, 1.807) is 10.4 Å². The van der Waals surface area contributed by atoms with Gasteiger partial charge in [-0.25, -0.2) is 0 Å². The number of thiophene rings is 1. The monoisotopic (exact) mass is 124 g/mol. The van der Waals surface area contributed by atoms with Crippen LogP contribution >= 0.6 is 11.3 Å². The van der Waals surface area contributed by atoms with E-state index in [9.17, 15) is 0 Å². The lowest BCUT2D eigenvalue weighted by atomic mass is 9.86. The Bertz CT molecular complexity index is 200. The Morgan fingerprint density at radius 2 is 2.62 bits per heavy atom. The fourth-order valence-corrected chi connectivity index (χ4v) is 2.34. The van der Waals surface area contributed by atoms with Crippen LogP contribution in [0.3, 0.4) is 0 Å². The van der Waals surface area contributed by atoms with Crippen LogP contribution in [-0.4, -0.2) is 0 Å². The maximum absolute atomic E-state index is 2.29. The fourth-order valence-electron chi connectivity index (χ4n) is 1.21. The summed E-state index contributed by atoms with van der Waals surface area (Å²) in [6.45, 7) is 2.29. The second kappa shape index (κ2) is 1.35. The molecule has 42 valence electrons. The number of fused-ring (bicyclic) bond motifs is 1.